The first-order chi connectivity index (χ1) is 7.88. The fourth-order valence-corrected chi connectivity index (χ4v) is 3.12. The van der Waals surface area contributed by atoms with Crippen LogP contribution >= 0.6 is 0 Å². The summed E-state index contributed by atoms with van der Waals surface area (Å²) in [5.41, 5.74) is 0. The van der Waals surface area contributed by atoms with E-state index < -0.39 is 0 Å². The van der Waals surface area contributed by atoms with Gasteiger partial charge in [-0.05, 0) is 32.2 Å². The van der Waals surface area contributed by atoms with Crippen LogP contribution in [-0.4, -0.2) is 13.1 Å². The lowest BCUT2D eigenvalue weighted by Crippen LogP contribution is -2.34. The Morgan fingerprint density at radius 1 is 1.00 bits per heavy atom. The topological polar surface area (TPSA) is 12.0 Å². The van der Waals surface area contributed by atoms with E-state index in [9.17, 15) is 0 Å². The summed E-state index contributed by atoms with van der Waals surface area (Å²) in [6, 6.07) is 0.807. The van der Waals surface area contributed by atoms with Crippen molar-refractivity contribution >= 4 is 0 Å². The fourth-order valence-electron chi connectivity index (χ4n) is 3.12. The normalized spacial score (nSPS) is 19.9. The quantitative estimate of drug-likeness (QED) is 0.599. The Morgan fingerprint density at radius 2 is 1.69 bits per heavy atom. The van der Waals surface area contributed by atoms with E-state index in [1.807, 2.05) is 0 Å². The number of hydrogen-bond donors (Lipinski definition) is 1. The molecule has 1 N–H and O–H groups in total. The Labute approximate surface area is 102 Å². The molecule has 1 atom stereocenters. The molecule has 1 nitrogen and oxygen atoms in total. The maximum Gasteiger partial charge on any atom is 0.00923 e. The van der Waals surface area contributed by atoms with Crippen LogP contribution in [0.15, 0.2) is 0 Å². The predicted molar refractivity (Wildman–Crippen MR) is 72.8 cm³/mol. The standard InChI is InChI=1S/C15H31N/c1-3-4-5-6-10-13-15(16-2)14-11-8-7-9-12-14/h14-16H,3-13H2,1-2H3. The van der Waals surface area contributed by atoms with Crippen LogP contribution in [0.3, 0.4) is 0 Å². The lowest BCUT2D eigenvalue weighted by atomic mass is 9.82. The van der Waals surface area contributed by atoms with Crippen molar-refractivity contribution in [1.29, 1.82) is 0 Å². The Morgan fingerprint density at radius 3 is 2.31 bits per heavy atom. The Kier molecular flexibility index (Phi) is 7.92. The van der Waals surface area contributed by atoms with Gasteiger partial charge in [0.15, 0.2) is 0 Å². The van der Waals surface area contributed by atoms with Gasteiger partial charge in [-0.1, -0.05) is 58.3 Å². The highest BCUT2D eigenvalue weighted by atomic mass is 14.9. The number of nitrogens with one attached hydrogen (secondary N) is 1. The summed E-state index contributed by atoms with van der Waals surface area (Å²) >= 11 is 0. The second-order valence-electron chi connectivity index (χ2n) is 5.50. The van der Waals surface area contributed by atoms with E-state index in [-0.39, 0.29) is 0 Å². The SMILES string of the molecule is CCCCCCCC(NC)C1CCCCC1. The van der Waals surface area contributed by atoms with Gasteiger partial charge >= 0.3 is 0 Å². The molecule has 96 valence electrons. The molecule has 0 aromatic carbocycles. The maximum atomic E-state index is 3.56. The molecule has 1 fully saturated rings. The molecule has 0 bridgehead atoms. The number of rotatable bonds is 8. The van der Waals surface area contributed by atoms with Gasteiger partial charge in [0.2, 0.25) is 0 Å². The van der Waals surface area contributed by atoms with Crippen molar-refractivity contribution in [2.75, 3.05) is 7.05 Å². The third kappa shape index (κ3) is 5.34. The first-order valence-electron chi connectivity index (χ1n) is 7.55. The minimum absolute atomic E-state index is 0.807. The van der Waals surface area contributed by atoms with Crippen molar-refractivity contribution in [3.05, 3.63) is 0 Å². The van der Waals surface area contributed by atoms with Crippen LogP contribution < -0.4 is 5.32 Å². The van der Waals surface area contributed by atoms with Gasteiger partial charge < -0.3 is 5.32 Å². The monoisotopic (exact) mass is 225 g/mol. The van der Waals surface area contributed by atoms with Gasteiger partial charge in [0.25, 0.3) is 0 Å². The highest BCUT2D eigenvalue weighted by Gasteiger charge is 2.21. The summed E-state index contributed by atoms with van der Waals surface area (Å²) in [6.07, 6.45) is 15.9. The summed E-state index contributed by atoms with van der Waals surface area (Å²) in [6.45, 7) is 2.29. The summed E-state index contributed by atoms with van der Waals surface area (Å²) in [5, 5.41) is 3.56. The molecule has 0 amide bonds. The molecule has 0 aromatic rings. The average molecular weight is 225 g/mol. The Bertz CT molecular complexity index is 150. The van der Waals surface area contributed by atoms with Crippen molar-refractivity contribution in [2.45, 2.75) is 83.6 Å². The van der Waals surface area contributed by atoms with E-state index in [1.54, 1.807) is 0 Å². The molecule has 1 rings (SSSR count). The molecule has 0 aromatic heterocycles. The van der Waals surface area contributed by atoms with E-state index in [0.29, 0.717) is 0 Å². The molecule has 16 heavy (non-hydrogen) atoms. The fraction of sp³-hybridized carbons (Fsp3) is 1.00. The van der Waals surface area contributed by atoms with Crippen molar-refractivity contribution in [2.24, 2.45) is 5.92 Å². The molecule has 0 spiro atoms. The summed E-state index contributed by atoms with van der Waals surface area (Å²) in [5.74, 6) is 0.977. The molecular weight excluding hydrogens is 194 g/mol. The second-order valence-corrected chi connectivity index (χ2v) is 5.50. The third-order valence-electron chi connectivity index (χ3n) is 4.21. The van der Waals surface area contributed by atoms with E-state index in [0.717, 1.165) is 12.0 Å². The van der Waals surface area contributed by atoms with E-state index in [4.69, 9.17) is 0 Å². The van der Waals surface area contributed by atoms with Crippen LogP contribution in [0.5, 0.6) is 0 Å². The van der Waals surface area contributed by atoms with Gasteiger partial charge in [-0.2, -0.15) is 0 Å². The zero-order valence-electron chi connectivity index (χ0n) is 11.4. The van der Waals surface area contributed by atoms with Crippen LogP contribution in [0.1, 0.15) is 77.6 Å². The molecular formula is C15H31N. The average Bonchev–Trinajstić information content (AvgIpc) is 2.35. The molecule has 1 saturated carbocycles. The smallest absolute Gasteiger partial charge is 0.00923 e. The van der Waals surface area contributed by atoms with Crippen molar-refractivity contribution in [3.8, 4) is 0 Å². The minimum atomic E-state index is 0.807. The molecule has 0 radical (unpaired) electrons. The predicted octanol–water partition coefficient (Wildman–Crippen LogP) is 4.52. The van der Waals surface area contributed by atoms with E-state index in [2.05, 4.69) is 19.3 Å². The first kappa shape index (κ1) is 14.0. The van der Waals surface area contributed by atoms with Gasteiger partial charge in [-0.15, -0.1) is 0 Å². The Balaban J connectivity index is 2.10. The van der Waals surface area contributed by atoms with Crippen LogP contribution in [0.2, 0.25) is 0 Å². The van der Waals surface area contributed by atoms with Gasteiger partial charge in [0, 0.05) is 6.04 Å². The van der Waals surface area contributed by atoms with Crippen LogP contribution in [-0.2, 0) is 0 Å². The molecule has 0 aliphatic heterocycles. The third-order valence-corrected chi connectivity index (χ3v) is 4.21. The van der Waals surface area contributed by atoms with Crippen molar-refractivity contribution in [3.63, 3.8) is 0 Å². The van der Waals surface area contributed by atoms with Gasteiger partial charge in [-0.3, -0.25) is 0 Å². The van der Waals surface area contributed by atoms with Crippen LogP contribution in [0.25, 0.3) is 0 Å². The number of hydrogen-bond acceptors (Lipinski definition) is 1. The lowest BCUT2D eigenvalue weighted by Gasteiger charge is -2.30. The van der Waals surface area contributed by atoms with E-state index in [1.165, 1.54) is 70.6 Å². The largest absolute Gasteiger partial charge is 0.317 e. The van der Waals surface area contributed by atoms with Crippen LogP contribution in [0.4, 0.5) is 0 Å². The second kappa shape index (κ2) is 9.04. The first-order valence-corrected chi connectivity index (χ1v) is 7.55. The van der Waals surface area contributed by atoms with Gasteiger partial charge in [0.1, 0.15) is 0 Å². The maximum absolute atomic E-state index is 3.56. The lowest BCUT2D eigenvalue weighted by molar-refractivity contribution is 0.263. The van der Waals surface area contributed by atoms with Crippen molar-refractivity contribution in [1.82, 2.24) is 5.32 Å². The highest BCUT2D eigenvalue weighted by Crippen LogP contribution is 2.28. The number of unbranched alkanes of at least 4 members (excludes halogenated alkanes) is 4. The zero-order chi connectivity index (χ0) is 11.6. The zero-order valence-corrected chi connectivity index (χ0v) is 11.4. The molecule has 1 heteroatoms. The minimum Gasteiger partial charge on any atom is -0.317 e. The molecule has 0 saturated heterocycles. The summed E-state index contributed by atoms with van der Waals surface area (Å²) in [4.78, 5) is 0. The van der Waals surface area contributed by atoms with Gasteiger partial charge in [0.05, 0.1) is 0 Å². The summed E-state index contributed by atoms with van der Waals surface area (Å²) in [7, 11) is 2.16. The van der Waals surface area contributed by atoms with Crippen LogP contribution in [0, 0.1) is 5.92 Å². The molecule has 1 unspecified atom stereocenters. The van der Waals surface area contributed by atoms with Crippen molar-refractivity contribution < 1.29 is 0 Å². The molecule has 0 heterocycles. The Hall–Kier alpha value is -0.0400. The summed E-state index contributed by atoms with van der Waals surface area (Å²) < 4.78 is 0. The van der Waals surface area contributed by atoms with E-state index >= 15 is 0 Å². The molecule has 1 aliphatic carbocycles. The molecule has 1 aliphatic rings. The van der Waals surface area contributed by atoms with Gasteiger partial charge in [-0.25, -0.2) is 0 Å². The highest BCUT2D eigenvalue weighted by molar-refractivity contribution is 4.78.